The minimum atomic E-state index is -0.581. The zero-order valence-corrected chi connectivity index (χ0v) is 16.9. The lowest BCUT2D eigenvalue weighted by atomic mass is 10.2. The maximum absolute atomic E-state index is 14.9. The van der Waals surface area contributed by atoms with Crippen molar-refractivity contribution in [3.63, 3.8) is 0 Å². The molecule has 1 aromatic heterocycles. The van der Waals surface area contributed by atoms with E-state index in [-0.39, 0.29) is 30.7 Å². The first kappa shape index (κ1) is 20.6. The molecule has 0 aliphatic carbocycles. The number of amides is 3. The minimum Gasteiger partial charge on any atom is -0.442 e. The Morgan fingerprint density at radius 2 is 2.00 bits per heavy atom. The molecule has 2 aromatic rings. The SMILES string of the molecule is CC(=O)NC[C@H]1CN(c2ccc(N3CCN(C(=O)c4ccno4)CC3)c(F)c2)C(=O)O1. The lowest BCUT2D eigenvalue weighted by molar-refractivity contribution is -0.119. The van der Waals surface area contributed by atoms with E-state index in [1.807, 2.05) is 4.90 Å². The largest absolute Gasteiger partial charge is 0.442 e. The number of benzene rings is 1. The Balaban J connectivity index is 1.38. The fraction of sp³-hybridized carbons (Fsp3) is 0.400. The van der Waals surface area contributed by atoms with Crippen LogP contribution in [0.4, 0.5) is 20.6 Å². The number of hydrogen-bond acceptors (Lipinski definition) is 7. The van der Waals surface area contributed by atoms with Crippen molar-refractivity contribution in [2.45, 2.75) is 13.0 Å². The van der Waals surface area contributed by atoms with Crippen LogP contribution in [0.2, 0.25) is 0 Å². The van der Waals surface area contributed by atoms with E-state index in [0.29, 0.717) is 37.6 Å². The molecular formula is C20H22FN5O5. The van der Waals surface area contributed by atoms with Crippen molar-refractivity contribution in [3.05, 3.63) is 42.0 Å². The van der Waals surface area contributed by atoms with E-state index in [2.05, 4.69) is 10.5 Å². The van der Waals surface area contributed by atoms with Gasteiger partial charge in [0.1, 0.15) is 11.9 Å². The van der Waals surface area contributed by atoms with Crippen molar-refractivity contribution >= 4 is 29.3 Å². The van der Waals surface area contributed by atoms with Crippen LogP contribution in [0.1, 0.15) is 17.5 Å². The van der Waals surface area contributed by atoms with E-state index in [0.717, 1.165) is 0 Å². The van der Waals surface area contributed by atoms with Crippen molar-refractivity contribution in [2.24, 2.45) is 0 Å². The minimum absolute atomic E-state index is 0.179. The molecule has 10 nitrogen and oxygen atoms in total. The Morgan fingerprint density at radius 3 is 2.65 bits per heavy atom. The van der Waals surface area contributed by atoms with E-state index in [1.165, 1.54) is 30.2 Å². The molecule has 3 heterocycles. The van der Waals surface area contributed by atoms with E-state index in [1.54, 1.807) is 17.0 Å². The highest BCUT2D eigenvalue weighted by Gasteiger charge is 2.33. The molecule has 0 bridgehead atoms. The number of carbonyl (C=O) groups excluding carboxylic acids is 3. The molecule has 164 valence electrons. The van der Waals surface area contributed by atoms with Crippen LogP contribution in [0.15, 0.2) is 35.0 Å². The Labute approximate surface area is 177 Å². The molecule has 2 aliphatic heterocycles. The molecule has 1 aromatic carbocycles. The maximum atomic E-state index is 14.9. The summed E-state index contributed by atoms with van der Waals surface area (Å²) in [7, 11) is 0. The van der Waals surface area contributed by atoms with Crippen molar-refractivity contribution in [2.75, 3.05) is 49.1 Å². The fourth-order valence-corrected chi connectivity index (χ4v) is 3.65. The first-order valence-corrected chi connectivity index (χ1v) is 9.89. The molecule has 11 heteroatoms. The predicted molar refractivity (Wildman–Crippen MR) is 107 cm³/mol. The quantitative estimate of drug-likeness (QED) is 0.759. The van der Waals surface area contributed by atoms with E-state index in [9.17, 15) is 18.8 Å². The lowest BCUT2D eigenvalue weighted by Gasteiger charge is -2.35. The standard InChI is InChI=1S/C20H22FN5O5/c1-13(27)22-11-15-12-26(20(29)30-15)14-2-3-17(16(21)10-14)24-6-8-25(9-7-24)19(28)18-4-5-23-31-18/h2-5,10,15H,6-9,11-12H2,1H3,(H,22,27)/t15-/m0/s1. The van der Waals surface area contributed by atoms with Crippen LogP contribution < -0.4 is 15.1 Å². The molecule has 1 N–H and O–H groups in total. The van der Waals surface area contributed by atoms with Crippen molar-refractivity contribution in [1.82, 2.24) is 15.4 Å². The molecule has 0 saturated carbocycles. The number of piperazine rings is 1. The Bertz CT molecular complexity index is 974. The van der Waals surface area contributed by atoms with Gasteiger partial charge in [0, 0.05) is 39.2 Å². The van der Waals surface area contributed by atoms with Gasteiger partial charge in [0.25, 0.3) is 5.91 Å². The smallest absolute Gasteiger partial charge is 0.414 e. The monoisotopic (exact) mass is 431 g/mol. The van der Waals surface area contributed by atoms with Gasteiger partial charge in [0.05, 0.1) is 30.7 Å². The zero-order valence-electron chi connectivity index (χ0n) is 16.9. The third-order valence-corrected chi connectivity index (χ3v) is 5.25. The van der Waals surface area contributed by atoms with Gasteiger partial charge < -0.3 is 24.4 Å². The first-order chi connectivity index (χ1) is 14.9. The van der Waals surface area contributed by atoms with Crippen LogP contribution in [-0.4, -0.2) is 73.3 Å². The van der Waals surface area contributed by atoms with Gasteiger partial charge in [-0.3, -0.25) is 14.5 Å². The normalized spacial score (nSPS) is 18.8. The number of anilines is 2. The molecule has 1 atom stereocenters. The van der Waals surface area contributed by atoms with Gasteiger partial charge in [-0.15, -0.1) is 0 Å². The van der Waals surface area contributed by atoms with Crippen molar-refractivity contribution < 1.29 is 28.0 Å². The summed E-state index contributed by atoms with van der Waals surface area (Å²) in [5.41, 5.74) is 0.786. The number of nitrogens with one attached hydrogen (secondary N) is 1. The predicted octanol–water partition coefficient (Wildman–Crippen LogP) is 1.24. The fourth-order valence-electron chi connectivity index (χ4n) is 3.65. The topological polar surface area (TPSA) is 108 Å². The summed E-state index contributed by atoms with van der Waals surface area (Å²) < 4.78 is 25.0. The van der Waals surface area contributed by atoms with Crippen LogP contribution in [0.25, 0.3) is 0 Å². The highest BCUT2D eigenvalue weighted by Crippen LogP contribution is 2.28. The number of ether oxygens (including phenoxy) is 1. The zero-order chi connectivity index (χ0) is 22.0. The summed E-state index contributed by atoms with van der Waals surface area (Å²) in [6.07, 6.45) is 0.342. The summed E-state index contributed by atoms with van der Waals surface area (Å²) >= 11 is 0. The third-order valence-electron chi connectivity index (χ3n) is 5.25. The van der Waals surface area contributed by atoms with Crippen LogP contribution in [0.5, 0.6) is 0 Å². The highest BCUT2D eigenvalue weighted by atomic mass is 19.1. The second-order valence-electron chi connectivity index (χ2n) is 7.35. The van der Waals surface area contributed by atoms with Crippen LogP contribution >= 0.6 is 0 Å². The van der Waals surface area contributed by atoms with Gasteiger partial charge in [-0.05, 0) is 18.2 Å². The molecule has 2 aliphatic rings. The molecule has 2 fully saturated rings. The molecule has 0 radical (unpaired) electrons. The highest BCUT2D eigenvalue weighted by molar-refractivity contribution is 5.91. The molecule has 3 amide bonds. The number of hydrogen-bond donors (Lipinski definition) is 1. The summed E-state index contributed by atoms with van der Waals surface area (Å²) in [5, 5.41) is 6.15. The lowest BCUT2D eigenvalue weighted by Crippen LogP contribution is -2.49. The van der Waals surface area contributed by atoms with E-state index >= 15 is 0 Å². The number of cyclic esters (lactones) is 1. The Hall–Kier alpha value is -3.63. The van der Waals surface area contributed by atoms with Gasteiger partial charge in [-0.1, -0.05) is 5.16 Å². The van der Waals surface area contributed by atoms with Crippen LogP contribution in [0, 0.1) is 5.82 Å². The van der Waals surface area contributed by atoms with Gasteiger partial charge in [0.15, 0.2) is 0 Å². The van der Waals surface area contributed by atoms with Gasteiger partial charge in [-0.25, -0.2) is 9.18 Å². The summed E-state index contributed by atoms with van der Waals surface area (Å²) in [6.45, 7) is 3.57. The van der Waals surface area contributed by atoms with Crippen molar-refractivity contribution in [3.8, 4) is 0 Å². The first-order valence-electron chi connectivity index (χ1n) is 9.89. The summed E-state index contributed by atoms with van der Waals surface area (Å²) in [4.78, 5) is 40.3. The average Bonchev–Trinajstić information content (AvgIpc) is 3.42. The van der Waals surface area contributed by atoms with Gasteiger partial charge in [0.2, 0.25) is 11.7 Å². The Kier molecular flexibility index (Phi) is 5.74. The molecule has 31 heavy (non-hydrogen) atoms. The Morgan fingerprint density at radius 1 is 1.23 bits per heavy atom. The number of carbonyl (C=O) groups is 3. The van der Waals surface area contributed by atoms with Crippen molar-refractivity contribution in [1.29, 1.82) is 0 Å². The molecule has 0 spiro atoms. The molecule has 4 rings (SSSR count). The maximum Gasteiger partial charge on any atom is 0.414 e. The summed E-state index contributed by atoms with van der Waals surface area (Å²) in [5.74, 6) is -0.745. The molecule has 0 unspecified atom stereocenters. The number of rotatable bonds is 5. The van der Waals surface area contributed by atoms with Gasteiger partial charge in [-0.2, -0.15) is 0 Å². The number of aromatic nitrogens is 1. The number of nitrogens with zero attached hydrogens (tertiary/aromatic N) is 4. The van der Waals surface area contributed by atoms with Crippen LogP contribution in [-0.2, 0) is 9.53 Å². The molecule has 2 saturated heterocycles. The summed E-state index contributed by atoms with van der Waals surface area (Å²) in [6, 6.07) is 6.08. The third kappa shape index (κ3) is 4.44. The van der Waals surface area contributed by atoms with Crippen LogP contribution in [0.3, 0.4) is 0 Å². The van der Waals surface area contributed by atoms with Gasteiger partial charge >= 0.3 is 6.09 Å². The number of halogens is 1. The second-order valence-corrected chi connectivity index (χ2v) is 7.35. The van der Waals surface area contributed by atoms with E-state index < -0.39 is 18.0 Å². The average molecular weight is 431 g/mol. The van der Waals surface area contributed by atoms with E-state index in [4.69, 9.17) is 9.26 Å². The molecular weight excluding hydrogens is 409 g/mol. The second kappa shape index (κ2) is 8.62.